The first-order valence-electron chi connectivity index (χ1n) is 36.0. The number of hydrogen-bond acceptors (Lipinski definition) is 20. The summed E-state index contributed by atoms with van der Waals surface area (Å²) in [6, 6.07) is 79.8. The Morgan fingerprint density at radius 3 is 1.58 bits per heavy atom. The monoisotopic (exact) mass is 1570 g/mol. The number of H-pyrrole nitrogens is 7. The predicted molar refractivity (Wildman–Crippen MR) is 432 cm³/mol. The molecule has 0 aliphatic carbocycles. The van der Waals surface area contributed by atoms with Gasteiger partial charge in [0.05, 0.1) is 87.3 Å². The summed E-state index contributed by atoms with van der Waals surface area (Å²) in [5.41, 5.74) is 13.0. The molecule has 590 valence electrons. The Morgan fingerprint density at radius 1 is 0.356 bits per heavy atom. The van der Waals surface area contributed by atoms with Gasteiger partial charge >= 0.3 is 0 Å². The number of aliphatic carboxylic acids is 1. The van der Waals surface area contributed by atoms with Crippen molar-refractivity contribution in [2.24, 2.45) is 0 Å². The first-order chi connectivity index (χ1) is 57.0. The number of para-hydroxylation sites is 7. The number of carboxylic acids is 8. The fraction of sp³-hybridized carbons (Fsp3) is 0.0440. The number of rotatable bonds is 8. The van der Waals surface area contributed by atoms with E-state index in [1.54, 1.807) is 103 Å². The summed E-state index contributed by atoms with van der Waals surface area (Å²) in [5, 5.41) is 101. The number of nitrogens with zero attached hydrogens (tertiary/aromatic N) is 3. The molecule has 19 aromatic rings. The zero-order valence-electron chi connectivity index (χ0n) is 62.5. The maximum atomic E-state index is 10.7. The number of pyridine rings is 2. The molecule has 0 fully saturated rings. The standard InChI is InChI=1S/2C10H7NO2.3C9H7NO2.C9H9NO2.C9H7NO2.2C9H9N.C8H6N2O2/c12-10(13)8-5-6-11-9-4-2-1-3-7(8)9;12-10(13)9-6-5-7-3-1-2-4-8(7)11-9;11-9(12)7-2-1-3-8-6(7)4-5-10-8;11-9(12)7-3-1-2-6-4-5-10-8(6)7;11-9(12)7-5-10-8-4-2-1-3-6(7)8;2*11-9(12)8-5-6-3-1-2-4-7(6)10-8;1-7-2-3-9-8(6-7)4-5-10-9;1-7-2-3-8-4-5-10-9(8)6-7;11-8(12)7-5-3-1-2-4-6(5)9-10-7/h2*1-6H,(H,12,13);3*1-5,10H,(H,11,12);1-4,8,10H,5H2,(H,11,12);1-5,10H,(H,11,12);2*2-6,10H,1H3;1-4H,(H,9,10)(H,11,12)/p-8. The van der Waals surface area contributed by atoms with Gasteiger partial charge in [0.1, 0.15) is 5.69 Å². The second kappa shape index (κ2) is 39.0. The molecule has 0 amide bonds. The van der Waals surface area contributed by atoms with Crippen LogP contribution in [-0.4, -0.2) is 104 Å². The highest BCUT2D eigenvalue weighted by molar-refractivity contribution is 6.05. The van der Waals surface area contributed by atoms with Crippen LogP contribution in [0.25, 0.3) is 98.1 Å². The van der Waals surface area contributed by atoms with Crippen LogP contribution in [-0.2, 0) is 11.2 Å². The summed E-state index contributed by atoms with van der Waals surface area (Å²) >= 11 is 0. The topological polar surface area (TPSA) is 482 Å². The van der Waals surface area contributed by atoms with Crippen molar-refractivity contribution in [1.29, 1.82) is 0 Å². The number of aryl methyl sites for hydroxylation is 2. The van der Waals surface area contributed by atoms with Gasteiger partial charge in [0.2, 0.25) is 0 Å². The van der Waals surface area contributed by atoms with Gasteiger partial charge in [-0.3, -0.25) is 10.1 Å². The first kappa shape index (κ1) is 82.3. The zero-order chi connectivity index (χ0) is 83.8. The molecule has 27 nitrogen and oxygen atoms in total. The summed E-state index contributed by atoms with van der Waals surface area (Å²) in [6.07, 6.45) is 10.8. The lowest BCUT2D eigenvalue weighted by molar-refractivity contribution is -0.306. The SMILES string of the molecule is Cc1ccc2[nH]ccc2c1.Cc1ccc2cc[nH]c2c1.O=C([O-])C1Cc2ccccc2N1.O=C([O-])c1c[nH]c2ccccc12.O=C([O-])c1cc2ccccc2[nH]1.O=C([O-])c1ccc2ccccc2n1.O=C([O-])c1cccc2[nH]ccc12.O=C([O-])c1cccc2cc[nH]c12.O=C([O-])c1ccnc2ccccc12.O=C([O-])c1n[nH]c2ccccc12. The van der Waals surface area contributed by atoms with E-state index >= 15 is 0 Å². The minimum absolute atomic E-state index is 0.0290. The van der Waals surface area contributed by atoms with E-state index in [0.717, 1.165) is 44.0 Å². The van der Waals surface area contributed by atoms with E-state index in [9.17, 15) is 79.2 Å². The van der Waals surface area contributed by atoms with E-state index in [2.05, 4.69) is 118 Å². The molecular formula is C91H67N11O16-8. The van der Waals surface area contributed by atoms with E-state index in [-0.39, 0.29) is 39.3 Å². The summed E-state index contributed by atoms with van der Waals surface area (Å²) in [6.45, 7) is 4.20. The van der Waals surface area contributed by atoms with E-state index in [0.29, 0.717) is 50.0 Å². The van der Waals surface area contributed by atoms with Crippen molar-refractivity contribution in [3.63, 3.8) is 0 Å². The summed E-state index contributed by atoms with van der Waals surface area (Å²) < 4.78 is 0. The van der Waals surface area contributed by atoms with Crippen LogP contribution in [0.2, 0.25) is 0 Å². The second-order valence-electron chi connectivity index (χ2n) is 25.9. The van der Waals surface area contributed by atoms with Crippen LogP contribution in [0.4, 0.5) is 5.69 Å². The lowest BCUT2D eigenvalue weighted by Gasteiger charge is -2.10. The molecule has 0 spiro atoms. The number of hydrogen-bond donors (Lipinski definition) is 8. The van der Waals surface area contributed by atoms with Crippen molar-refractivity contribution in [2.45, 2.75) is 26.3 Å². The van der Waals surface area contributed by atoms with Gasteiger partial charge in [-0.05, 0) is 145 Å². The summed E-state index contributed by atoms with van der Waals surface area (Å²) in [7, 11) is 0. The van der Waals surface area contributed by atoms with Crippen LogP contribution < -0.4 is 46.2 Å². The molecule has 0 saturated carbocycles. The molecule has 0 saturated heterocycles. The molecule has 0 radical (unpaired) electrons. The van der Waals surface area contributed by atoms with Crippen LogP contribution in [0.5, 0.6) is 0 Å². The van der Waals surface area contributed by atoms with Crippen molar-refractivity contribution in [1.82, 2.24) is 50.1 Å². The minimum Gasteiger partial charge on any atom is -0.548 e. The fourth-order valence-electron chi connectivity index (χ4n) is 12.3. The van der Waals surface area contributed by atoms with Crippen LogP contribution in [0.15, 0.2) is 304 Å². The Bertz CT molecular complexity index is 6450. The first-order valence-corrected chi connectivity index (χ1v) is 36.0. The maximum absolute atomic E-state index is 10.7. The van der Waals surface area contributed by atoms with Gasteiger partial charge in [-0.2, -0.15) is 5.10 Å². The number of carbonyl (C=O) groups excluding carboxylic acids is 8. The Balaban J connectivity index is 0.000000129. The molecule has 1 aliphatic rings. The average molecular weight is 1570 g/mol. The quantitative estimate of drug-likeness (QED) is 0.0714. The van der Waals surface area contributed by atoms with Crippen LogP contribution in [0.1, 0.15) is 89.6 Å². The smallest absolute Gasteiger partial charge is 0.115 e. The molecule has 20 rings (SSSR count). The zero-order valence-corrected chi connectivity index (χ0v) is 62.5. The van der Waals surface area contributed by atoms with Crippen LogP contribution in [0.3, 0.4) is 0 Å². The molecule has 10 heterocycles. The van der Waals surface area contributed by atoms with Gasteiger partial charge in [0, 0.05) is 130 Å². The molecule has 27 heteroatoms. The van der Waals surface area contributed by atoms with Gasteiger partial charge in [-0.25, -0.2) is 4.98 Å². The van der Waals surface area contributed by atoms with E-state index in [1.165, 1.54) is 69.6 Å². The fourth-order valence-corrected chi connectivity index (χ4v) is 12.3. The number of carboxylic acid groups (broad SMARTS) is 8. The number of aromatic nitrogens is 10. The Kier molecular flexibility index (Phi) is 27.2. The van der Waals surface area contributed by atoms with Crippen molar-refractivity contribution in [3.05, 3.63) is 360 Å². The van der Waals surface area contributed by atoms with Crippen molar-refractivity contribution in [3.8, 4) is 0 Å². The highest BCUT2D eigenvalue weighted by atomic mass is 16.4. The third kappa shape index (κ3) is 21.3. The van der Waals surface area contributed by atoms with Gasteiger partial charge < -0.3 is 114 Å². The van der Waals surface area contributed by atoms with Crippen molar-refractivity contribution in [2.75, 3.05) is 5.32 Å². The Hall–Kier alpha value is -16.7. The molecule has 1 unspecified atom stereocenters. The third-order valence-electron chi connectivity index (χ3n) is 18.0. The largest absolute Gasteiger partial charge is 0.548 e. The Morgan fingerprint density at radius 2 is 0.881 bits per heavy atom. The highest BCUT2D eigenvalue weighted by Gasteiger charge is 2.20. The molecule has 8 N–H and O–H groups in total. The van der Waals surface area contributed by atoms with Gasteiger partial charge in [0.25, 0.3) is 0 Å². The van der Waals surface area contributed by atoms with E-state index in [4.69, 9.17) is 0 Å². The Labute approximate surface area is 669 Å². The number of fused-ring (bicyclic) bond motifs is 10. The number of benzene rings is 10. The lowest BCUT2D eigenvalue weighted by Crippen LogP contribution is -2.39. The van der Waals surface area contributed by atoms with E-state index < -0.39 is 53.8 Å². The number of aromatic amines is 7. The van der Waals surface area contributed by atoms with Gasteiger partial charge in [0.15, 0.2) is 0 Å². The average Bonchev–Trinajstić information content (AvgIpc) is 1.77. The lowest BCUT2D eigenvalue weighted by atomic mass is 10.1. The molecule has 0 bridgehead atoms. The predicted octanol–water partition coefficient (Wildman–Crippen LogP) is 7.97. The molecular weight excluding hydrogens is 1500 g/mol. The number of anilines is 1. The van der Waals surface area contributed by atoms with Crippen molar-refractivity contribution >= 4 is 152 Å². The van der Waals surface area contributed by atoms with Gasteiger partial charge in [-0.15, -0.1) is 0 Å². The molecule has 10 aromatic carbocycles. The number of nitrogens with one attached hydrogen (secondary N) is 8. The van der Waals surface area contributed by atoms with Gasteiger partial charge in [-0.1, -0.05) is 169 Å². The molecule has 1 aliphatic heterocycles. The minimum atomic E-state index is -1.26. The molecule has 1 atom stereocenters. The number of aromatic carboxylic acids is 7. The van der Waals surface area contributed by atoms with Crippen LogP contribution >= 0.6 is 0 Å². The van der Waals surface area contributed by atoms with Crippen molar-refractivity contribution < 1.29 is 79.2 Å². The summed E-state index contributed by atoms with van der Waals surface area (Å²) in [5.74, 6) is -9.31. The molecule has 9 aromatic heterocycles. The summed E-state index contributed by atoms with van der Waals surface area (Å²) in [4.78, 5) is 110. The second-order valence-corrected chi connectivity index (χ2v) is 25.9. The van der Waals surface area contributed by atoms with Crippen LogP contribution in [0, 0.1) is 13.8 Å². The maximum Gasteiger partial charge on any atom is 0.115 e. The van der Waals surface area contributed by atoms with E-state index in [1.807, 2.05) is 116 Å². The molecule has 118 heavy (non-hydrogen) atoms. The third-order valence-corrected chi connectivity index (χ3v) is 18.0. The normalized spacial score (nSPS) is 11.3. The highest BCUT2D eigenvalue weighted by Crippen LogP contribution is 2.26. The number of carbonyl (C=O) groups is 8.